The molecule has 0 aliphatic heterocycles. The summed E-state index contributed by atoms with van der Waals surface area (Å²) in [5.74, 6) is 1.67. The van der Waals surface area contributed by atoms with Crippen LogP contribution in [0.15, 0.2) is 18.3 Å². The standard InChI is InChI=1S/C12H17ClN2/c1-9(2)12(5-6-12)8-15-11-4-3-10(13)7-14-11/h3-4,7,9H,5-6,8H2,1-2H3,(H,14,15). The fourth-order valence-corrected chi connectivity index (χ4v) is 1.98. The maximum Gasteiger partial charge on any atom is 0.126 e. The third kappa shape index (κ3) is 2.43. The normalized spacial score (nSPS) is 17.9. The van der Waals surface area contributed by atoms with E-state index >= 15 is 0 Å². The molecule has 0 unspecified atom stereocenters. The first-order valence-electron chi connectivity index (χ1n) is 5.48. The van der Waals surface area contributed by atoms with Crippen molar-refractivity contribution in [3.63, 3.8) is 0 Å². The van der Waals surface area contributed by atoms with Gasteiger partial charge in [0.25, 0.3) is 0 Å². The van der Waals surface area contributed by atoms with E-state index in [1.54, 1.807) is 6.20 Å². The lowest BCUT2D eigenvalue weighted by Gasteiger charge is -2.20. The molecule has 1 aliphatic rings. The number of anilines is 1. The van der Waals surface area contributed by atoms with E-state index in [0.717, 1.165) is 18.3 Å². The number of aromatic nitrogens is 1. The molecule has 1 fully saturated rings. The van der Waals surface area contributed by atoms with Crippen LogP contribution in [0, 0.1) is 11.3 Å². The van der Waals surface area contributed by atoms with Crippen molar-refractivity contribution in [2.24, 2.45) is 11.3 Å². The van der Waals surface area contributed by atoms with Gasteiger partial charge in [-0.25, -0.2) is 4.98 Å². The SMILES string of the molecule is CC(C)C1(CNc2ccc(Cl)cn2)CC1. The Hall–Kier alpha value is -0.760. The van der Waals surface area contributed by atoms with Gasteiger partial charge in [0.2, 0.25) is 0 Å². The van der Waals surface area contributed by atoms with Gasteiger partial charge in [-0.05, 0) is 36.3 Å². The Labute approximate surface area is 96.1 Å². The smallest absolute Gasteiger partial charge is 0.126 e. The summed E-state index contributed by atoms with van der Waals surface area (Å²) < 4.78 is 0. The average Bonchev–Trinajstić information content (AvgIpc) is 2.98. The molecule has 0 bridgehead atoms. The summed E-state index contributed by atoms with van der Waals surface area (Å²) in [4.78, 5) is 4.23. The van der Waals surface area contributed by atoms with E-state index < -0.39 is 0 Å². The second-order valence-electron chi connectivity index (χ2n) is 4.73. The zero-order valence-electron chi connectivity index (χ0n) is 9.26. The Bertz CT molecular complexity index is 328. The van der Waals surface area contributed by atoms with Crippen molar-refractivity contribution in [1.29, 1.82) is 0 Å². The van der Waals surface area contributed by atoms with Gasteiger partial charge in [-0.3, -0.25) is 0 Å². The van der Waals surface area contributed by atoms with E-state index in [2.05, 4.69) is 24.1 Å². The number of nitrogens with zero attached hydrogens (tertiary/aromatic N) is 1. The first kappa shape index (κ1) is 10.7. The maximum absolute atomic E-state index is 5.77. The lowest BCUT2D eigenvalue weighted by molar-refractivity contribution is 0.380. The molecule has 15 heavy (non-hydrogen) atoms. The van der Waals surface area contributed by atoms with Crippen molar-refractivity contribution >= 4 is 17.4 Å². The summed E-state index contributed by atoms with van der Waals surface area (Å²) in [7, 11) is 0. The molecule has 2 nitrogen and oxygen atoms in total. The Morgan fingerprint density at radius 3 is 2.67 bits per heavy atom. The number of pyridine rings is 1. The van der Waals surface area contributed by atoms with Crippen LogP contribution in [0.25, 0.3) is 0 Å². The van der Waals surface area contributed by atoms with Crippen molar-refractivity contribution < 1.29 is 0 Å². The van der Waals surface area contributed by atoms with E-state index in [4.69, 9.17) is 11.6 Å². The van der Waals surface area contributed by atoms with E-state index in [9.17, 15) is 0 Å². The van der Waals surface area contributed by atoms with Crippen molar-refractivity contribution in [3.05, 3.63) is 23.4 Å². The van der Waals surface area contributed by atoms with Gasteiger partial charge in [0, 0.05) is 12.7 Å². The fourth-order valence-electron chi connectivity index (χ4n) is 1.87. The van der Waals surface area contributed by atoms with Crippen LogP contribution in [-0.4, -0.2) is 11.5 Å². The topological polar surface area (TPSA) is 24.9 Å². The first-order valence-corrected chi connectivity index (χ1v) is 5.86. The van der Waals surface area contributed by atoms with Crippen molar-refractivity contribution in [1.82, 2.24) is 4.98 Å². The molecule has 0 aromatic carbocycles. The molecule has 1 aromatic heterocycles. The minimum absolute atomic E-state index is 0.515. The molecule has 1 saturated carbocycles. The highest BCUT2D eigenvalue weighted by Crippen LogP contribution is 2.51. The minimum Gasteiger partial charge on any atom is -0.370 e. The molecule has 82 valence electrons. The molecule has 3 heteroatoms. The third-order valence-electron chi connectivity index (χ3n) is 3.47. The van der Waals surface area contributed by atoms with Gasteiger partial charge in [-0.15, -0.1) is 0 Å². The van der Waals surface area contributed by atoms with Gasteiger partial charge in [0.15, 0.2) is 0 Å². The van der Waals surface area contributed by atoms with Crippen LogP contribution in [0.1, 0.15) is 26.7 Å². The Morgan fingerprint density at radius 2 is 2.20 bits per heavy atom. The Morgan fingerprint density at radius 1 is 1.47 bits per heavy atom. The summed E-state index contributed by atoms with van der Waals surface area (Å²) in [6.45, 7) is 5.62. The van der Waals surface area contributed by atoms with Crippen LogP contribution in [0.3, 0.4) is 0 Å². The lowest BCUT2D eigenvalue weighted by atomic mass is 9.92. The quantitative estimate of drug-likeness (QED) is 0.846. The molecule has 1 aromatic rings. The second-order valence-corrected chi connectivity index (χ2v) is 5.17. The molecule has 2 rings (SSSR count). The number of halogens is 1. The van der Waals surface area contributed by atoms with Crippen molar-refractivity contribution in [3.8, 4) is 0 Å². The van der Waals surface area contributed by atoms with Gasteiger partial charge < -0.3 is 5.32 Å². The van der Waals surface area contributed by atoms with Gasteiger partial charge in [0.1, 0.15) is 5.82 Å². The largest absolute Gasteiger partial charge is 0.370 e. The maximum atomic E-state index is 5.77. The summed E-state index contributed by atoms with van der Waals surface area (Å²) in [6, 6.07) is 3.80. The number of hydrogen-bond acceptors (Lipinski definition) is 2. The highest BCUT2D eigenvalue weighted by atomic mass is 35.5. The summed E-state index contributed by atoms with van der Waals surface area (Å²) in [6.07, 6.45) is 4.36. The van der Waals surface area contributed by atoms with Gasteiger partial charge in [0.05, 0.1) is 5.02 Å². The lowest BCUT2D eigenvalue weighted by Crippen LogP contribution is -2.21. The van der Waals surface area contributed by atoms with Gasteiger partial charge in [-0.2, -0.15) is 0 Å². The Kier molecular flexibility index (Phi) is 2.87. The van der Waals surface area contributed by atoms with E-state index in [-0.39, 0.29) is 0 Å². The minimum atomic E-state index is 0.515. The first-order chi connectivity index (χ1) is 7.12. The molecule has 1 N–H and O–H groups in total. The summed E-state index contributed by atoms with van der Waals surface area (Å²) >= 11 is 5.77. The average molecular weight is 225 g/mol. The fraction of sp³-hybridized carbons (Fsp3) is 0.583. The van der Waals surface area contributed by atoms with E-state index in [1.807, 2.05) is 12.1 Å². The highest BCUT2D eigenvalue weighted by molar-refractivity contribution is 6.30. The molecular formula is C12H17ClN2. The molecule has 1 heterocycles. The van der Waals surface area contributed by atoms with Crippen molar-refractivity contribution in [2.75, 3.05) is 11.9 Å². The molecule has 1 aliphatic carbocycles. The van der Waals surface area contributed by atoms with Crippen LogP contribution >= 0.6 is 11.6 Å². The van der Waals surface area contributed by atoms with Crippen LogP contribution in [-0.2, 0) is 0 Å². The number of rotatable bonds is 4. The molecule has 0 amide bonds. The van der Waals surface area contributed by atoms with Crippen LogP contribution in [0.2, 0.25) is 5.02 Å². The zero-order valence-corrected chi connectivity index (χ0v) is 10.0. The molecular weight excluding hydrogens is 208 g/mol. The monoisotopic (exact) mass is 224 g/mol. The molecule has 0 radical (unpaired) electrons. The third-order valence-corrected chi connectivity index (χ3v) is 3.69. The molecule has 0 atom stereocenters. The van der Waals surface area contributed by atoms with E-state index in [1.165, 1.54) is 12.8 Å². The van der Waals surface area contributed by atoms with Gasteiger partial charge in [-0.1, -0.05) is 25.4 Å². The van der Waals surface area contributed by atoms with Gasteiger partial charge >= 0.3 is 0 Å². The van der Waals surface area contributed by atoms with Crippen molar-refractivity contribution in [2.45, 2.75) is 26.7 Å². The predicted octanol–water partition coefficient (Wildman–Crippen LogP) is 3.58. The van der Waals surface area contributed by atoms with Crippen LogP contribution < -0.4 is 5.32 Å². The Balaban J connectivity index is 1.91. The highest BCUT2D eigenvalue weighted by Gasteiger charge is 2.44. The van der Waals surface area contributed by atoms with E-state index in [0.29, 0.717) is 10.4 Å². The molecule has 0 spiro atoms. The van der Waals surface area contributed by atoms with Crippen LogP contribution in [0.5, 0.6) is 0 Å². The number of hydrogen-bond donors (Lipinski definition) is 1. The van der Waals surface area contributed by atoms with Crippen LogP contribution in [0.4, 0.5) is 5.82 Å². The predicted molar refractivity (Wildman–Crippen MR) is 64.2 cm³/mol. The number of nitrogens with one attached hydrogen (secondary N) is 1. The summed E-state index contributed by atoms with van der Waals surface area (Å²) in [5.41, 5.74) is 0.515. The second kappa shape index (κ2) is 4.01. The zero-order chi connectivity index (χ0) is 10.9. The molecule has 0 saturated heterocycles. The summed E-state index contributed by atoms with van der Waals surface area (Å²) in [5, 5.41) is 4.07.